The van der Waals surface area contributed by atoms with Crippen molar-refractivity contribution in [3.63, 3.8) is 0 Å². The van der Waals surface area contributed by atoms with E-state index in [4.69, 9.17) is 11.6 Å². The van der Waals surface area contributed by atoms with E-state index in [9.17, 15) is 19.7 Å². The molecule has 0 bridgehead atoms. The molecule has 0 aliphatic carbocycles. The minimum Gasteiger partial charge on any atom is -0.465 e. The Morgan fingerprint density at radius 1 is 1.44 bits per heavy atom. The second-order valence-electron chi connectivity index (χ2n) is 2.75. The van der Waals surface area contributed by atoms with Crippen molar-refractivity contribution in [3.05, 3.63) is 39.4 Å². The average molecular weight is 244 g/mol. The van der Waals surface area contributed by atoms with Gasteiger partial charge in [0, 0.05) is 6.07 Å². The van der Waals surface area contributed by atoms with E-state index >= 15 is 0 Å². The summed E-state index contributed by atoms with van der Waals surface area (Å²) in [7, 11) is 1.15. The van der Waals surface area contributed by atoms with Gasteiger partial charge in [-0.15, -0.1) is 0 Å². The van der Waals surface area contributed by atoms with E-state index in [0.717, 1.165) is 19.2 Å². The number of hydrogen-bond acceptors (Lipinski definition) is 5. The molecule has 0 radical (unpaired) electrons. The molecule has 0 spiro atoms. The monoisotopic (exact) mass is 243 g/mol. The molecule has 0 amide bonds. The molecular weight excluding hydrogens is 238 g/mol. The van der Waals surface area contributed by atoms with Crippen molar-refractivity contribution in [2.45, 2.75) is 0 Å². The Labute approximate surface area is 94.9 Å². The summed E-state index contributed by atoms with van der Waals surface area (Å²) in [6.45, 7) is 0. The third-order valence-electron chi connectivity index (χ3n) is 1.83. The maximum Gasteiger partial charge on any atom is 0.338 e. The Hall–Kier alpha value is -1.95. The van der Waals surface area contributed by atoms with E-state index in [0.29, 0.717) is 0 Å². The lowest BCUT2D eigenvalue weighted by Crippen LogP contribution is -2.05. The third kappa shape index (κ3) is 2.34. The summed E-state index contributed by atoms with van der Waals surface area (Å²) in [5.74, 6) is -0.725. The molecule has 84 valence electrons. The molecule has 0 heterocycles. The third-order valence-corrected chi connectivity index (χ3v) is 2.03. The number of halogens is 1. The molecule has 0 aliphatic heterocycles. The average Bonchev–Trinajstić information content (AvgIpc) is 2.26. The smallest absolute Gasteiger partial charge is 0.338 e. The summed E-state index contributed by atoms with van der Waals surface area (Å²) >= 11 is 5.16. The van der Waals surface area contributed by atoms with E-state index in [2.05, 4.69) is 4.74 Å². The number of benzene rings is 1. The summed E-state index contributed by atoms with van der Waals surface area (Å²) in [6, 6.07) is 3.29. The van der Waals surface area contributed by atoms with Crippen molar-refractivity contribution in [1.29, 1.82) is 0 Å². The van der Waals surface area contributed by atoms with Crippen LogP contribution in [0.5, 0.6) is 0 Å². The quantitative estimate of drug-likeness (QED) is 0.349. The van der Waals surface area contributed by atoms with Gasteiger partial charge in [-0.1, -0.05) is 0 Å². The minimum absolute atomic E-state index is 0.0177. The molecule has 1 rings (SSSR count). The fourth-order valence-corrected chi connectivity index (χ4v) is 1.25. The molecule has 0 unspecified atom stereocenters. The molecule has 7 heteroatoms. The lowest BCUT2D eigenvalue weighted by molar-refractivity contribution is -0.385. The fraction of sp³-hybridized carbons (Fsp3) is 0.111. The molecule has 6 nitrogen and oxygen atoms in total. The zero-order valence-corrected chi connectivity index (χ0v) is 8.85. The van der Waals surface area contributed by atoms with Crippen molar-refractivity contribution in [2.24, 2.45) is 0 Å². The summed E-state index contributed by atoms with van der Waals surface area (Å²) in [6.07, 6.45) is 0. The number of carbonyl (C=O) groups is 2. The van der Waals surface area contributed by atoms with Crippen LogP contribution < -0.4 is 0 Å². The minimum atomic E-state index is -0.955. The van der Waals surface area contributed by atoms with Crippen molar-refractivity contribution < 1.29 is 19.2 Å². The number of rotatable bonds is 3. The highest BCUT2D eigenvalue weighted by atomic mass is 35.5. The summed E-state index contributed by atoms with van der Waals surface area (Å²) in [4.78, 5) is 31.8. The first-order chi connectivity index (χ1) is 7.47. The number of hydrogen-bond donors (Lipinski definition) is 0. The molecule has 0 atom stereocenters. The van der Waals surface area contributed by atoms with E-state index < -0.39 is 21.8 Å². The first-order valence-electron chi connectivity index (χ1n) is 4.04. The van der Waals surface area contributed by atoms with Gasteiger partial charge in [0.15, 0.2) is 0 Å². The fourth-order valence-electron chi connectivity index (χ4n) is 1.09. The predicted octanol–water partition coefficient (Wildman–Crippen LogP) is 1.76. The first-order valence-corrected chi connectivity index (χ1v) is 4.41. The molecule has 0 N–H and O–H groups in total. The van der Waals surface area contributed by atoms with Crippen LogP contribution in [0, 0.1) is 10.1 Å². The zero-order valence-electron chi connectivity index (χ0n) is 8.10. The van der Waals surface area contributed by atoms with Gasteiger partial charge in [0.25, 0.3) is 10.9 Å². The molecule has 0 aliphatic rings. The lowest BCUT2D eigenvalue weighted by atomic mass is 10.1. The van der Waals surface area contributed by atoms with Crippen LogP contribution in [0.3, 0.4) is 0 Å². The Morgan fingerprint density at radius 3 is 2.50 bits per heavy atom. The topological polar surface area (TPSA) is 86.5 Å². The number of carbonyl (C=O) groups excluding carboxylic acids is 2. The summed E-state index contributed by atoms with van der Waals surface area (Å²) in [5.41, 5.74) is -0.807. The van der Waals surface area contributed by atoms with Gasteiger partial charge >= 0.3 is 5.97 Å². The summed E-state index contributed by atoms with van der Waals surface area (Å²) in [5, 5.41) is 9.68. The first kappa shape index (κ1) is 12.1. The molecule has 1 aromatic rings. The van der Waals surface area contributed by atoms with Crippen molar-refractivity contribution in [1.82, 2.24) is 0 Å². The Morgan fingerprint density at radius 2 is 2.06 bits per heavy atom. The van der Waals surface area contributed by atoms with Crippen LogP contribution in [-0.2, 0) is 4.74 Å². The van der Waals surface area contributed by atoms with Crippen molar-refractivity contribution in [2.75, 3.05) is 7.11 Å². The Kier molecular flexibility index (Phi) is 3.57. The second kappa shape index (κ2) is 4.71. The van der Waals surface area contributed by atoms with E-state index in [1.54, 1.807) is 0 Å². The largest absolute Gasteiger partial charge is 0.465 e. The van der Waals surface area contributed by atoms with Gasteiger partial charge in [-0.25, -0.2) is 4.79 Å². The number of nitro benzene ring substituents is 1. The predicted molar refractivity (Wildman–Crippen MR) is 54.6 cm³/mol. The second-order valence-corrected chi connectivity index (χ2v) is 3.10. The highest BCUT2D eigenvalue weighted by Gasteiger charge is 2.21. The van der Waals surface area contributed by atoms with Crippen LogP contribution in [-0.4, -0.2) is 23.2 Å². The van der Waals surface area contributed by atoms with Crippen LogP contribution >= 0.6 is 11.6 Å². The molecule has 0 saturated carbocycles. The van der Waals surface area contributed by atoms with Gasteiger partial charge in [0.05, 0.1) is 17.6 Å². The van der Waals surface area contributed by atoms with Crippen molar-refractivity contribution >= 4 is 28.5 Å². The Balaban J connectivity index is 3.34. The maximum atomic E-state index is 11.1. The van der Waals surface area contributed by atoms with Crippen LogP contribution in [0.4, 0.5) is 5.69 Å². The highest BCUT2D eigenvalue weighted by molar-refractivity contribution is 6.68. The number of ether oxygens (including phenoxy) is 1. The van der Waals surface area contributed by atoms with Crippen molar-refractivity contribution in [3.8, 4) is 0 Å². The van der Waals surface area contributed by atoms with E-state index in [-0.39, 0.29) is 11.1 Å². The molecule has 16 heavy (non-hydrogen) atoms. The normalized spacial score (nSPS) is 9.62. The van der Waals surface area contributed by atoms with Gasteiger partial charge in [-0.3, -0.25) is 14.9 Å². The zero-order chi connectivity index (χ0) is 12.3. The van der Waals surface area contributed by atoms with Crippen LogP contribution in [0.2, 0.25) is 0 Å². The van der Waals surface area contributed by atoms with Crippen LogP contribution in [0.15, 0.2) is 18.2 Å². The van der Waals surface area contributed by atoms with Gasteiger partial charge in [0.2, 0.25) is 0 Å². The molecule has 1 aromatic carbocycles. The van der Waals surface area contributed by atoms with Gasteiger partial charge in [0.1, 0.15) is 5.56 Å². The van der Waals surface area contributed by atoms with Crippen LogP contribution in [0.1, 0.15) is 20.7 Å². The number of methoxy groups -OCH3 is 1. The van der Waals surface area contributed by atoms with E-state index in [1.165, 1.54) is 6.07 Å². The highest BCUT2D eigenvalue weighted by Crippen LogP contribution is 2.22. The number of nitro groups is 1. The Bertz CT molecular complexity index is 471. The molecular formula is C9H6ClNO5. The maximum absolute atomic E-state index is 11.1. The molecule has 0 saturated heterocycles. The van der Waals surface area contributed by atoms with Gasteiger partial charge in [-0.2, -0.15) is 0 Å². The van der Waals surface area contributed by atoms with Gasteiger partial charge in [-0.05, 0) is 23.7 Å². The summed E-state index contributed by atoms with van der Waals surface area (Å²) < 4.78 is 4.39. The van der Waals surface area contributed by atoms with Crippen LogP contribution in [0.25, 0.3) is 0 Å². The van der Waals surface area contributed by atoms with E-state index in [1.807, 2.05) is 0 Å². The lowest BCUT2D eigenvalue weighted by Gasteiger charge is -2.01. The SMILES string of the molecule is COC(=O)c1ccc(C(=O)Cl)c([N+](=O)[O-])c1. The molecule has 0 fully saturated rings. The number of esters is 1. The molecule has 0 aromatic heterocycles. The number of nitrogens with zero attached hydrogens (tertiary/aromatic N) is 1. The standard InChI is InChI=1S/C9H6ClNO5/c1-16-9(13)5-2-3-6(8(10)12)7(4-5)11(14)15/h2-4H,1H3. The van der Waals surface area contributed by atoms with Gasteiger partial charge < -0.3 is 4.74 Å².